The molecule has 3 rings (SSSR count). The minimum Gasteiger partial charge on any atom is -0.292 e. The van der Waals surface area contributed by atoms with Gasteiger partial charge in [-0.1, -0.05) is 0 Å². The Balaban J connectivity index is 2.24. The third-order valence-corrected chi connectivity index (χ3v) is 5.08. The van der Waals surface area contributed by atoms with Crippen molar-refractivity contribution in [3.63, 3.8) is 0 Å². The summed E-state index contributed by atoms with van der Waals surface area (Å²) >= 11 is 0. The minimum atomic E-state index is -3.03. The number of fused-ring (bicyclic) bond motifs is 1. The van der Waals surface area contributed by atoms with Crippen LogP contribution in [0.25, 0.3) is 11.2 Å². The molecular weight excluding hydrogens is 256 g/mol. The van der Waals surface area contributed by atoms with Crippen LogP contribution in [0.4, 0.5) is 0 Å². The average Bonchev–Trinajstić information content (AvgIpc) is 2.80. The molecule has 1 aliphatic heterocycles. The molecule has 8 heteroatoms. The number of aromatic nitrogens is 4. The van der Waals surface area contributed by atoms with Gasteiger partial charge in [-0.2, -0.15) is 0 Å². The topological polar surface area (TPSA) is 86.9 Å². The highest BCUT2D eigenvalue weighted by Crippen LogP contribution is 2.24. The maximum absolute atomic E-state index is 12.1. The first kappa shape index (κ1) is 11.4. The van der Waals surface area contributed by atoms with Gasteiger partial charge in [0.05, 0.1) is 23.7 Å². The van der Waals surface area contributed by atoms with Gasteiger partial charge in [-0.15, -0.1) is 0 Å². The summed E-state index contributed by atoms with van der Waals surface area (Å²) in [5.41, 5.74) is 0.874. The van der Waals surface area contributed by atoms with E-state index in [1.807, 2.05) is 0 Å². The maximum Gasteiger partial charge on any atom is 0.330 e. The molecule has 0 N–H and O–H groups in total. The van der Waals surface area contributed by atoms with Gasteiger partial charge in [-0.05, 0) is 6.42 Å². The van der Waals surface area contributed by atoms with Gasteiger partial charge in [0.15, 0.2) is 15.5 Å². The molecule has 1 aliphatic rings. The molecular formula is C10H12N4O3S. The van der Waals surface area contributed by atoms with Crippen LogP contribution in [0.15, 0.2) is 17.3 Å². The summed E-state index contributed by atoms with van der Waals surface area (Å²) < 4.78 is 25.9. The number of hydrogen-bond donors (Lipinski definition) is 0. The predicted molar refractivity (Wildman–Crippen MR) is 65.1 cm³/mol. The number of nitrogens with zero attached hydrogens (tertiary/aromatic N) is 4. The highest BCUT2D eigenvalue weighted by molar-refractivity contribution is 7.91. The quantitative estimate of drug-likeness (QED) is 0.695. The lowest BCUT2D eigenvalue weighted by Crippen LogP contribution is -2.27. The van der Waals surface area contributed by atoms with E-state index in [1.165, 1.54) is 15.5 Å². The van der Waals surface area contributed by atoms with Crippen molar-refractivity contribution < 1.29 is 8.42 Å². The van der Waals surface area contributed by atoms with Crippen molar-refractivity contribution in [2.45, 2.75) is 12.5 Å². The van der Waals surface area contributed by atoms with E-state index in [0.717, 1.165) is 0 Å². The van der Waals surface area contributed by atoms with Gasteiger partial charge in [0.1, 0.15) is 11.8 Å². The SMILES string of the molecule is Cn1c(=O)n(C2CCS(=O)(=O)C2)c2ncncc21. The smallest absolute Gasteiger partial charge is 0.292 e. The van der Waals surface area contributed by atoms with Gasteiger partial charge >= 0.3 is 5.69 Å². The minimum absolute atomic E-state index is 0.00994. The van der Waals surface area contributed by atoms with E-state index >= 15 is 0 Å². The van der Waals surface area contributed by atoms with E-state index in [4.69, 9.17) is 0 Å². The van der Waals surface area contributed by atoms with Gasteiger partial charge in [0.2, 0.25) is 0 Å². The Bertz CT molecular complexity index is 774. The number of hydrogen-bond acceptors (Lipinski definition) is 5. The molecule has 1 unspecified atom stereocenters. The first-order valence-electron chi connectivity index (χ1n) is 5.57. The zero-order chi connectivity index (χ0) is 12.9. The van der Waals surface area contributed by atoms with Crippen LogP contribution in [0.5, 0.6) is 0 Å². The Morgan fingerprint density at radius 1 is 1.44 bits per heavy atom. The van der Waals surface area contributed by atoms with Crippen LogP contribution in [0.3, 0.4) is 0 Å². The maximum atomic E-state index is 12.1. The summed E-state index contributed by atoms with van der Waals surface area (Å²) in [6, 6.07) is -0.318. The molecule has 7 nitrogen and oxygen atoms in total. The molecule has 96 valence electrons. The Labute approximate surface area is 103 Å². The van der Waals surface area contributed by atoms with Gasteiger partial charge < -0.3 is 0 Å². The lowest BCUT2D eigenvalue weighted by Gasteiger charge is -2.08. The fourth-order valence-corrected chi connectivity index (χ4v) is 4.10. The standard InChI is InChI=1S/C10H12N4O3S/c1-13-8-4-11-6-12-9(8)14(10(13)15)7-2-3-18(16,17)5-7/h4,6-7H,2-3,5H2,1H3. The number of aryl methyl sites for hydroxylation is 1. The molecule has 0 spiro atoms. The van der Waals surface area contributed by atoms with Crippen molar-refractivity contribution in [3.8, 4) is 0 Å². The van der Waals surface area contributed by atoms with Gasteiger partial charge in [-0.3, -0.25) is 9.13 Å². The molecule has 0 amide bonds. The normalized spacial score (nSPS) is 22.6. The predicted octanol–water partition coefficient (Wildman–Crippen LogP) is -0.510. The largest absolute Gasteiger partial charge is 0.330 e. The molecule has 0 bridgehead atoms. The van der Waals surface area contributed by atoms with Crippen molar-refractivity contribution in [3.05, 3.63) is 23.0 Å². The number of imidazole rings is 1. The molecule has 0 aromatic carbocycles. The van der Waals surface area contributed by atoms with E-state index in [0.29, 0.717) is 17.6 Å². The zero-order valence-corrected chi connectivity index (χ0v) is 10.6. The number of rotatable bonds is 1. The first-order chi connectivity index (χ1) is 8.49. The summed E-state index contributed by atoms with van der Waals surface area (Å²) in [6.07, 6.45) is 3.39. The van der Waals surface area contributed by atoms with E-state index in [1.54, 1.807) is 13.2 Å². The van der Waals surface area contributed by atoms with Gasteiger partial charge in [0.25, 0.3) is 0 Å². The molecule has 18 heavy (non-hydrogen) atoms. The third kappa shape index (κ3) is 1.56. The van der Waals surface area contributed by atoms with Crippen LogP contribution in [-0.4, -0.2) is 39.0 Å². The average molecular weight is 268 g/mol. The highest BCUT2D eigenvalue weighted by atomic mass is 32.2. The molecule has 2 aromatic heterocycles. The summed E-state index contributed by atoms with van der Waals surface area (Å²) in [5, 5.41) is 0. The van der Waals surface area contributed by atoms with Crippen molar-refractivity contribution >= 4 is 21.0 Å². The second-order valence-corrected chi connectivity index (χ2v) is 6.73. The van der Waals surface area contributed by atoms with E-state index in [9.17, 15) is 13.2 Å². The molecule has 2 aromatic rings. The van der Waals surface area contributed by atoms with Crippen molar-refractivity contribution in [2.75, 3.05) is 11.5 Å². The van der Waals surface area contributed by atoms with Crippen LogP contribution in [0, 0.1) is 0 Å². The fourth-order valence-electron chi connectivity index (χ4n) is 2.40. The van der Waals surface area contributed by atoms with Crippen molar-refractivity contribution in [1.82, 2.24) is 19.1 Å². The Kier molecular flexibility index (Phi) is 2.31. The monoisotopic (exact) mass is 268 g/mol. The van der Waals surface area contributed by atoms with Crippen molar-refractivity contribution in [1.29, 1.82) is 0 Å². The van der Waals surface area contributed by atoms with Crippen molar-refractivity contribution in [2.24, 2.45) is 7.05 Å². The van der Waals surface area contributed by atoms with E-state index in [2.05, 4.69) is 9.97 Å². The second kappa shape index (κ2) is 3.64. The Morgan fingerprint density at radius 3 is 2.89 bits per heavy atom. The van der Waals surface area contributed by atoms with Crippen LogP contribution < -0.4 is 5.69 Å². The van der Waals surface area contributed by atoms with Crippen LogP contribution in [0.2, 0.25) is 0 Å². The summed E-state index contributed by atoms with van der Waals surface area (Å²) in [7, 11) is -1.40. The van der Waals surface area contributed by atoms with Crippen LogP contribution in [-0.2, 0) is 16.9 Å². The van der Waals surface area contributed by atoms with E-state index < -0.39 is 9.84 Å². The van der Waals surface area contributed by atoms with Crippen LogP contribution in [0.1, 0.15) is 12.5 Å². The molecule has 0 saturated carbocycles. The summed E-state index contributed by atoms with van der Waals surface area (Å²) in [5.74, 6) is 0.140. The molecule has 0 aliphatic carbocycles. The second-order valence-electron chi connectivity index (χ2n) is 4.50. The molecule has 1 saturated heterocycles. The lowest BCUT2D eigenvalue weighted by molar-refractivity contribution is 0.541. The highest BCUT2D eigenvalue weighted by Gasteiger charge is 2.32. The molecule has 3 heterocycles. The van der Waals surface area contributed by atoms with Gasteiger partial charge in [-0.25, -0.2) is 23.2 Å². The fraction of sp³-hybridized carbons (Fsp3) is 0.500. The van der Waals surface area contributed by atoms with Gasteiger partial charge in [0, 0.05) is 7.05 Å². The third-order valence-electron chi connectivity index (χ3n) is 3.33. The molecule has 0 radical (unpaired) electrons. The Hall–Kier alpha value is -1.70. The Morgan fingerprint density at radius 2 is 2.22 bits per heavy atom. The molecule has 1 fully saturated rings. The summed E-state index contributed by atoms with van der Waals surface area (Å²) in [4.78, 5) is 20.1. The number of sulfone groups is 1. The summed E-state index contributed by atoms with van der Waals surface area (Å²) in [6.45, 7) is 0. The molecule has 1 atom stereocenters. The zero-order valence-electron chi connectivity index (χ0n) is 9.78. The van der Waals surface area contributed by atoms with Crippen LogP contribution >= 0.6 is 0 Å². The first-order valence-corrected chi connectivity index (χ1v) is 7.39. The lowest BCUT2D eigenvalue weighted by atomic mass is 10.2. The van der Waals surface area contributed by atoms with E-state index in [-0.39, 0.29) is 23.2 Å².